The van der Waals surface area contributed by atoms with Gasteiger partial charge in [-0.25, -0.2) is 4.98 Å². The molecule has 1 aliphatic carbocycles. The van der Waals surface area contributed by atoms with Gasteiger partial charge in [0.15, 0.2) is 0 Å². The van der Waals surface area contributed by atoms with Crippen LogP contribution in [0.4, 0.5) is 0 Å². The molecule has 1 atom stereocenters. The highest BCUT2D eigenvalue weighted by Gasteiger charge is 2.35. The quantitative estimate of drug-likeness (QED) is 0.905. The number of imidazole rings is 1. The van der Waals surface area contributed by atoms with E-state index in [1.165, 1.54) is 18.5 Å². The number of nitrogens with zero attached hydrogens (tertiary/aromatic N) is 3. The fraction of sp³-hybridized carbons (Fsp3) is 0.733. The average molecular weight is 276 g/mol. The van der Waals surface area contributed by atoms with Crippen molar-refractivity contribution in [2.75, 3.05) is 20.1 Å². The van der Waals surface area contributed by atoms with Gasteiger partial charge in [-0.05, 0) is 26.7 Å². The fourth-order valence-corrected chi connectivity index (χ4v) is 3.00. The first-order valence-electron chi connectivity index (χ1n) is 7.69. The molecular formula is C15H24N4O. The second-order valence-electron chi connectivity index (χ2n) is 5.96. The van der Waals surface area contributed by atoms with Gasteiger partial charge in [0, 0.05) is 44.7 Å². The molecule has 110 valence electrons. The minimum absolute atomic E-state index is 0.134. The summed E-state index contributed by atoms with van der Waals surface area (Å²) < 4.78 is 2.24. The number of amides is 1. The number of fused-ring (bicyclic) bond motifs is 1. The molecule has 1 aliphatic heterocycles. The highest BCUT2D eigenvalue weighted by molar-refractivity contribution is 5.80. The first kappa shape index (κ1) is 13.6. The van der Waals surface area contributed by atoms with Crippen LogP contribution in [0.25, 0.3) is 0 Å². The van der Waals surface area contributed by atoms with Crippen molar-refractivity contribution < 1.29 is 4.79 Å². The number of carbonyl (C=O) groups excluding carboxylic acids is 1. The molecule has 5 nitrogen and oxygen atoms in total. The summed E-state index contributed by atoms with van der Waals surface area (Å²) in [5, 5.41) is 3.37. The Kier molecular flexibility index (Phi) is 3.54. The lowest BCUT2D eigenvalue weighted by Gasteiger charge is -2.25. The molecule has 20 heavy (non-hydrogen) atoms. The van der Waals surface area contributed by atoms with Crippen LogP contribution in [0.5, 0.6) is 0 Å². The SMILES string of the molecule is CCN(C)C(=O)C(C)n1c(C2CC2)nc2c1CCNC2. The van der Waals surface area contributed by atoms with E-state index in [2.05, 4.69) is 9.88 Å². The Hall–Kier alpha value is -1.36. The summed E-state index contributed by atoms with van der Waals surface area (Å²) in [5.74, 6) is 1.90. The first-order valence-corrected chi connectivity index (χ1v) is 7.69. The van der Waals surface area contributed by atoms with Crippen LogP contribution in [-0.4, -0.2) is 40.5 Å². The molecule has 0 aromatic carbocycles. The van der Waals surface area contributed by atoms with Gasteiger partial charge in [0.2, 0.25) is 5.91 Å². The minimum atomic E-state index is -0.134. The molecule has 5 heteroatoms. The zero-order valence-electron chi connectivity index (χ0n) is 12.6. The van der Waals surface area contributed by atoms with Crippen molar-refractivity contribution in [1.29, 1.82) is 0 Å². The third-order valence-electron chi connectivity index (χ3n) is 4.49. The molecule has 0 spiro atoms. The maximum absolute atomic E-state index is 12.5. The predicted molar refractivity (Wildman–Crippen MR) is 77.6 cm³/mol. The van der Waals surface area contributed by atoms with Crippen LogP contribution in [0.3, 0.4) is 0 Å². The molecule has 2 heterocycles. The van der Waals surface area contributed by atoms with E-state index in [9.17, 15) is 4.79 Å². The highest BCUT2D eigenvalue weighted by atomic mass is 16.2. The number of hydrogen-bond acceptors (Lipinski definition) is 3. The molecule has 1 fully saturated rings. The minimum Gasteiger partial charge on any atom is -0.344 e. The van der Waals surface area contributed by atoms with E-state index >= 15 is 0 Å². The molecular weight excluding hydrogens is 252 g/mol. The van der Waals surface area contributed by atoms with E-state index in [0.29, 0.717) is 5.92 Å². The van der Waals surface area contributed by atoms with Crippen LogP contribution < -0.4 is 5.32 Å². The number of aromatic nitrogens is 2. The van der Waals surface area contributed by atoms with E-state index < -0.39 is 0 Å². The van der Waals surface area contributed by atoms with E-state index in [1.54, 1.807) is 4.90 Å². The normalized spacial score (nSPS) is 19.6. The number of hydrogen-bond donors (Lipinski definition) is 1. The van der Waals surface area contributed by atoms with Gasteiger partial charge in [0.05, 0.1) is 5.69 Å². The molecule has 1 aromatic rings. The summed E-state index contributed by atoms with van der Waals surface area (Å²) in [5.41, 5.74) is 2.42. The second-order valence-corrected chi connectivity index (χ2v) is 5.96. The Balaban J connectivity index is 1.98. The van der Waals surface area contributed by atoms with Crippen molar-refractivity contribution in [2.24, 2.45) is 0 Å². The molecule has 0 bridgehead atoms. The molecule has 1 unspecified atom stereocenters. The van der Waals surface area contributed by atoms with Crippen molar-refractivity contribution >= 4 is 5.91 Å². The van der Waals surface area contributed by atoms with Crippen LogP contribution in [0, 0.1) is 0 Å². The third-order valence-corrected chi connectivity index (χ3v) is 4.49. The Morgan fingerprint density at radius 3 is 2.95 bits per heavy atom. The summed E-state index contributed by atoms with van der Waals surface area (Å²) in [4.78, 5) is 19.1. The van der Waals surface area contributed by atoms with E-state index in [0.717, 1.165) is 37.6 Å². The second kappa shape index (κ2) is 5.20. The Labute approximate surface area is 120 Å². The molecule has 0 radical (unpaired) electrons. The molecule has 1 N–H and O–H groups in total. The van der Waals surface area contributed by atoms with Gasteiger partial charge in [-0.15, -0.1) is 0 Å². The lowest BCUT2D eigenvalue weighted by Crippen LogP contribution is -2.35. The Bertz CT molecular complexity index is 518. The van der Waals surface area contributed by atoms with Gasteiger partial charge < -0.3 is 14.8 Å². The van der Waals surface area contributed by atoms with Gasteiger partial charge in [-0.1, -0.05) is 0 Å². The van der Waals surface area contributed by atoms with E-state index in [-0.39, 0.29) is 11.9 Å². The number of nitrogens with one attached hydrogen (secondary N) is 1. The van der Waals surface area contributed by atoms with Crippen LogP contribution >= 0.6 is 0 Å². The van der Waals surface area contributed by atoms with Gasteiger partial charge >= 0.3 is 0 Å². The van der Waals surface area contributed by atoms with E-state index in [1.807, 2.05) is 20.9 Å². The Morgan fingerprint density at radius 2 is 2.30 bits per heavy atom. The summed E-state index contributed by atoms with van der Waals surface area (Å²) in [6.45, 7) is 6.60. The van der Waals surface area contributed by atoms with Crippen molar-refractivity contribution in [1.82, 2.24) is 19.8 Å². The summed E-state index contributed by atoms with van der Waals surface area (Å²) >= 11 is 0. The summed E-state index contributed by atoms with van der Waals surface area (Å²) in [7, 11) is 1.88. The molecule has 3 rings (SSSR count). The van der Waals surface area contributed by atoms with Crippen LogP contribution in [0.15, 0.2) is 0 Å². The third kappa shape index (κ3) is 2.24. The van der Waals surface area contributed by atoms with Crippen molar-refractivity contribution in [3.8, 4) is 0 Å². The van der Waals surface area contributed by atoms with Gasteiger partial charge in [0.1, 0.15) is 11.9 Å². The molecule has 1 aromatic heterocycles. The first-order chi connectivity index (χ1) is 9.63. The maximum atomic E-state index is 12.5. The standard InChI is InChI=1S/C15H24N4O/c1-4-18(3)15(20)10(2)19-13-7-8-16-9-12(13)17-14(19)11-5-6-11/h10-11,16H,4-9H2,1-3H3. The fourth-order valence-electron chi connectivity index (χ4n) is 3.00. The van der Waals surface area contributed by atoms with Crippen LogP contribution in [0.2, 0.25) is 0 Å². The number of likely N-dealkylation sites (N-methyl/N-ethyl adjacent to an activating group) is 1. The van der Waals surface area contributed by atoms with Crippen molar-refractivity contribution in [3.05, 3.63) is 17.2 Å². The Morgan fingerprint density at radius 1 is 1.55 bits per heavy atom. The summed E-state index contributed by atoms with van der Waals surface area (Å²) in [6, 6.07) is -0.134. The molecule has 2 aliphatic rings. The highest BCUT2D eigenvalue weighted by Crippen LogP contribution is 2.41. The lowest BCUT2D eigenvalue weighted by molar-refractivity contribution is -0.132. The van der Waals surface area contributed by atoms with Crippen LogP contribution in [0.1, 0.15) is 55.9 Å². The number of rotatable bonds is 4. The average Bonchev–Trinajstić information content (AvgIpc) is 3.25. The zero-order chi connectivity index (χ0) is 14.3. The number of carbonyl (C=O) groups is 1. The largest absolute Gasteiger partial charge is 0.344 e. The molecule has 1 amide bonds. The smallest absolute Gasteiger partial charge is 0.245 e. The zero-order valence-corrected chi connectivity index (χ0v) is 12.6. The van der Waals surface area contributed by atoms with Crippen molar-refractivity contribution in [2.45, 2.75) is 51.6 Å². The monoisotopic (exact) mass is 276 g/mol. The maximum Gasteiger partial charge on any atom is 0.245 e. The van der Waals surface area contributed by atoms with Crippen molar-refractivity contribution in [3.63, 3.8) is 0 Å². The predicted octanol–water partition coefficient (Wildman–Crippen LogP) is 1.45. The van der Waals surface area contributed by atoms with E-state index in [4.69, 9.17) is 4.98 Å². The van der Waals surface area contributed by atoms with Gasteiger partial charge in [-0.2, -0.15) is 0 Å². The van der Waals surface area contributed by atoms with Gasteiger partial charge in [0.25, 0.3) is 0 Å². The topological polar surface area (TPSA) is 50.2 Å². The van der Waals surface area contributed by atoms with Gasteiger partial charge in [-0.3, -0.25) is 4.79 Å². The van der Waals surface area contributed by atoms with Crippen LogP contribution in [-0.2, 0) is 17.8 Å². The lowest BCUT2D eigenvalue weighted by atomic mass is 10.1. The molecule has 0 saturated heterocycles. The molecule has 1 saturated carbocycles. The summed E-state index contributed by atoms with van der Waals surface area (Å²) in [6.07, 6.45) is 3.41.